The summed E-state index contributed by atoms with van der Waals surface area (Å²) in [6.45, 7) is 2.13. The summed E-state index contributed by atoms with van der Waals surface area (Å²) >= 11 is 0. The van der Waals surface area contributed by atoms with E-state index >= 15 is 0 Å². The second-order valence-corrected chi connectivity index (χ2v) is 6.40. The van der Waals surface area contributed by atoms with Crippen molar-refractivity contribution in [3.05, 3.63) is 12.7 Å². The van der Waals surface area contributed by atoms with Crippen LogP contribution in [-0.4, -0.2) is 62.3 Å². The molecule has 1 aromatic heterocycles. The molecule has 0 aromatic carbocycles. The minimum atomic E-state index is -0.821. The van der Waals surface area contributed by atoms with Crippen LogP contribution in [0, 0.1) is 5.41 Å². The lowest BCUT2D eigenvalue weighted by Crippen LogP contribution is -2.62. The Balaban J connectivity index is 1.57. The van der Waals surface area contributed by atoms with Gasteiger partial charge in [0.05, 0.1) is 11.5 Å². The lowest BCUT2D eigenvalue weighted by atomic mass is 9.71. The molecule has 2 saturated heterocycles. The Kier molecular flexibility index (Phi) is 4.61. The summed E-state index contributed by atoms with van der Waals surface area (Å²) in [5.74, 6) is -0.0777. The molecule has 0 radical (unpaired) electrons. The van der Waals surface area contributed by atoms with Crippen LogP contribution >= 0.6 is 0 Å². The molecule has 2 atom stereocenters. The van der Waals surface area contributed by atoms with Gasteiger partial charge in [0.15, 0.2) is 0 Å². The number of nitrogens with one attached hydrogen (secondary N) is 1. The summed E-state index contributed by atoms with van der Waals surface area (Å²) in [5.41, 5.74) is -0.821. The molecule has 3 heterocycles. The van der Waals surface area contributed by atoms with Crippen molar-refractivity contribution in [2.24, 2.45) is 5.41 Å². The largest absolute Gasteiger partial charge is 0.392 e. The summed E-state index contributed by atoms with van der Waals surface area (Å²) in [4.78, 5) is 30.3. The van der Waals surface area contributed by atoms with Gasteiger partial charge in [0.25, 0.3) is 0 Å². The van der Waals surface area contributed by atoms with Crippen LogP contribution in [0.2, 0.25) is 0 Å². The zero-order valence-electron chi connectivity index (χ0n) is 13.1. The number of aliphatic hydroxyl groups excluding tert-OH is 1. The van der Waals surface area contributed by atoms with E-state index in [2.05, 4.69) is 15.4 Å². The summed E-state index contributed by atoms with van der Waals surface area (Å²) < 4.78 is 1.70. The van der Waals surface area contributed by atoms with Gasteiger partial charge in [-0.3, -0.25) is 14.3 Å². The Morgan fingerprint density at radius 3 is 3.13 bits per heavy atom. The van der Waals surface area contributed by atoms with Crippen molar-refractivity contribution in [2.75, 3.05) is 19.6 Å². The summed E-state index contributed by atoms with van der Waals surface area (Å²) in [5, 5.41) is 17.2. The number of carbonyl (C=O) groups excluding carboxylic acids is 2. The average Bonchev–Trinajstić information content (AvgIpc) is 3.06. The Labute approximate surface area is 134 Å². The molecule has 1 aromatic rings. The van der Waals surface area contributed by atoms with Crippen molar-refractivity contribution in [2.45, 2.75) is 44.8 Å². The van der Waals surface area contributed by atoms with Crippen LogP contribution in [0.25, 0.3) is 0 Å². The topological polar surface area (TPSA) is 100 Å². The van der Waals surface area contributed by atoms with E-state index in [9.17, 15) is 14.7 Å². The molecule has 126 valence electrons. The van der Waals surface area contributed by atoms with E-state index in [1.807, 2.05) is 0 Å². The van der Waals surface area contributed by atoms with Gasteiger partial charge < -0.3 is 15.3 Å². The molecule has 2 aliphatic rings. The lowest BCUT2D eigenvalue weighted by molar-refractivity contribution is -0.154. The molecule has 2 aliphatic heterocycles. The van der Waals surface area contributed by atoms with E-state index in [1.165, 1.54) is 6.33 Å². The zero-order chi connectivity index (χ0) is 16.3. The first-order valence-corrected chi connectivity index (χ1v) is 8.18. The van der Waals surface area contributed by atoms with Crippen LogP contribution in [0.1, 0.15) is 32.1 Å². The highest BCUT2D eigenvalue weighted by Crippen LogP contribution is 2.37. The fourth-order valence-electron chi connectivity index (χ4n) is 3.56. The van der Waals surface area contributed by atoms with Crippen LogP contribution in [0.3, 0.4) is 0 Å². The first-order chi connectivity index (χ1) is 11.1. The Morgan fingerprint density at radius 2 is 2.39 bits per heavy atom. The summed E-state index contributed by atoms with van der Waals surface area (Å²) in [7, 11) is 0. The van der Waals surface area contributed by atoms with Gasteiger partial charge in [-0.15, -0.1) is 0 Å². The van der Waals surface area contributed by atoms with Crippen LogP contribution in [-0.2, 0) is 16.1 Å². The van der Waals surface area contributed by atoms with E-state index in [1.54, 1.807) is 15.9 Å². The third kappa shape index (κ3) is 3.21. The second-order valence-electron chi connectivity index (χ2n) is 6.40. The molecular formula is C15H23N5O3. The van der Waals surface area contributed by atoms with E-state index < -0.39 is 11.5 Å². The van der Waals surface area contributed by atoms with Crippen molar-refractivity contribution in [1.29, 1.82) is 0 Å². The zero-order valence-corrected chi connectivity index (χ0v) is 13.1. The van der Waals surface area contributed by atoms with E-state index in [4.69, 9.17) is 0 Å². The SMILES string of the molecule is O=C(CCCn1cncn1)N1CC[C@H](O)[C@@]2(CCCNC2=O)C1. The molecule has 8 heteroatoms. The summed E-state index contributed by atoms with van der Waals surface area (Å²) in [6.07, 6.45) is 5.47. The van der Waals surface area contributed by atoms with E-state index in [-0.39, 0.29) is 11.8 Å². The second kappa shape index (κ2) is 6.66. The first kappa shape index (κ1) is 15.9. The predicted molar refractivity (Wildman–Crippen MR) is 81.1 cm³/mol. The molecule has 0 aliphatic carbocycles. The molecule has 8 nitrogen and oxygen atoms in total. The quantitative estimate of drug-likeness (QED) is 0.782. The number of amides is 2. The number of aryl methyl sites for hydroxylation is 1. The fourth-order valence-corrected chi connectivity index (χ4v) is 3.56. The van der Waals surface area contributed by atoms with Gasteiger partial charge in [0.2, 0.25) is 11.8 Å². The number of hydrogen-bond acceptors (Lipinski definition) is 5. The molecule has 2 fully saturated rings. The molecule has 2 amide bonds. The minimum absolute atomic E-state index is 0.0368. The first-order valence-electron chi connectivity index (χ1n) is 8.18. The van der Waals surface area contributed by atoms with Crippen molar-refractivity contribution >= 4 is 11.8 Å². The number of piperidine rings is 2. The molecule has 1 spiro atoms. The maximum atomic E-state index is 12.4. The minimum Gasteiger partial charge on any atom is -0.392 e. The van der Waals surface area contributed by atoms with E-state index in [0.717, 1.165) is 6.42 Å². The van der Waals surface area contributed by atoms with E-state index in [0.29, 0.717) is 51.9 Å². The smallest absolute Gasteiger partial charge is 0.230 e. The maximum absolute atomic E-state index is 12.4. The van der Waals surface area contributed by atoms with Crippen molar-refractivity contribution in [3.63, 3.8) is 0 Å². The number of carbonyl (C=O) groups is 2. The number of aromatic nitrogens is 3. The van der Waals surface area contributed by atoms with Crippen LogP contribution in [0.4, 0.5) is 0 Å². The third-order valence-corrected chi connectivity index (χ3v) is 4.92. The standard InChI is InChI=1S/C15H23N5O3/c21-12-4-8-19(9-15(12)5-2-6-17-14(15)23)13(22)3-1-7-20-11-16-10-18-20/h10-12,21H,1-9H2,(H,17,23)/t12-,15+/m0/s1. The number of hydrogen-bond donors (Lipinski definition) is 2. The summed E-state index contributed by atoms with van der Waals surface area (Å²) in [6, 6.07) is 0. The Hall–Kier alpha value is -1.96. The molecule has 2 N–H and O–H groups in total. The predicted octanol–water partition coefficient (Wildman–Crippen LogP) is -0.452. The number of nitrogens with zero attached hydrogens (tertiary/aromatic N) is 4. The molecule has 0 unspecified atom stereocenters. The van der Waals surface area contributed by atoms with Gasteiger partial charge in [-0.25, -0.2) is 4.98 Å². The molecular weight excluding hydrogens is 298 g/mol. The Morgan fingerprint density at radius 1 is 1.52 bits per heavy atom. The highest BCUT2D eigenvalue weighted by molar-refractivity contribution is 5.86. The maximum Gasteiger partial charge on any atom is 0.230 e. The number of rotatable bonds is 4. The monoisotopic (exact) mass is 321 g/mol. The lowest BCUT2D eigenvalue weighted by Gasteiger charge is -2.46. The van der Waals surface area contributed by atoms with Crippen molar-refractivity contribution < 1.29 is 14.7 Å². The number of likely N-dealkylation sites (tertiary alicyclic amines) is 1. The van der Waals surface area contributed by atoms with Gasteiger partial charge in [-0.05, 0) is 25.7 Å². The highest BCUT2D eigenvalue weighted by atomic mass is 16.3. The van der Waals surface area contributed by atoms with Gasteiger partial charge in [-0.2, -0.15) is 5.10 Å². The van der Waals surface area contributed by atoms with Gasteiger partial charge >= 0.3 is 0 Å². The van der Waals surface area contributed by atoms with Gasteiger partial charge in [0, 0.05) is 32.6 Å². The molecule has 0 saturated carbocycles. The molecule has 3 rings (SSSR count). The van der Waals surface area contributed by atoms with Gasteiger partial charge in [0.1, 0.15) is 12.7 Å². The highest BCUT2D eigenvalue weighted by Gasteiger charge is 2.50. The number of aliphatic hydroxyl groups is 1. The fraction of sp³-hybridized carbons (Fsp3) is 0.733. The van der Waals surface area contributed by atoms with Crippen molar-refractivity contribution in [3.8, 4) is 0 Å². The van der Waals surface area contributed by atoms with Crippen molar-refractivity contribution in [1.82, 2.24) is 25.0 Å². The van der Waals surface area contributed by atoms with Crippen LogP contribution in [0.5, 0.6) is 0 Å². The average molecular weight is 321 g/mol. The van der Waals surface area contributed by atoms with Gasteiger partial charge in [-0.1, -0.05) is 0 Å². The Bertz CT molecular complexity index is 561. The molecule has 0 bridgehead atoms. The third-order valence-electron chi connectivity index (χ3n) is 4.92. The van der Waals surface area contributed by atoms with Crippen LogP contribution in [0.15, 0.2) is 12.7 Å². The molecule has 23 heavy (non-hydrogen) atoms. The van der Waals surface area contributed by atoms with Crippen LogP contribution < -0.4 is 5.32 Å². The normalized spacial score (nSPS) is 28.0.